The molecule has 0 bridgehead atoms. The van der Waals surface area contributed by atoms with Crippen molar-refractivity contribution in [1.82, 2.24) is 0 Å². The molecular formula is C25H15F3. The van der Waals surface area contributed by atoms with Crippen molar-refractivity contribution >= 4 is 21.9 Å². The molecule has 4 aromatic rings. The highest BCUT2D eigenvalue weighted by molar-refractivity contribution is 6.18. The summed E-state index contributed by atoms with van der Waals surface area (Å²) in [6, 6.07) is 27.8. The Morgan fingerprint density at radius 1 is 0.571 bits per heavy atom. The van der Waals surface area contributed by atoms with Crippen LogP contribution in [0.3, 0.4) is 0 Å². The second-order valence-corrected chi connectivity index (χ2v) is 6.94. The van der Waals surface area contributed by atoms with Gasteiger partial charge in [0.05, 0.1) is 5.56 Å². The largest absolute Gasteiger partial charge is 0.416 e. The molecule has 136 valence electrons. The van der Waals surface area contributed by atoms with Gasteiger partial charge in [-0.2, -0.15) is 13.2 Å². The van der Waals surface area contributed by atoms with Gasteiger partial charge in [-0.15, -0.1) is 0 Å². The lowest BCUT2D eigenvalue weighted by molar-refractivity contribution is -0.137. The zero-order valence-electron chi connectivity index (χ0n) is 14.8. The van der Waals surface area contributed by atoms with E-state index in [0.717, 1.165) is 56.3 Å². The molecule has 0 radical (unpaired) electrons. The van der Waals surface area contributed by atoms with Gasteiger partial charge >= 0.3 is 6.18 Å². The summed E-state index contributed by atoms with van der Waals surface area (Å²) in [6.07, 6.45) is -4.33. The summed E-state index contributed by atoms with van der Waals surface area (Å²) in [5.41, 5.74) is 5.57. The molecule has 1 aliphatic carbocycles. The summed E-state index contributed by atoms with van der Waals surface area (Å²) < 4.78 is 38.9. The third kappa shape index (κ3) is 2.80. The molecule has 0 nitrogen and oxygen atoms in total. The van der Waals surface area contributed by atoms with Crippen molar-refractivity contribution in [2.75, 3.05) is 0 Å². The highest BCUT2D eigenvalue weighted by atomic mass is 19.4. The molecule has 4 aromatic carbocycles. The van der Waals surface area contributed by atoms with Crippen LogP contribution in [0.1, 0.15) is 27.8 Å². The average Bonchev–Trinajstić information content (AvgIpc) is 3.39. The molecule has 0 spiro atoms. The molecule has 5 rings (SSSR count). The van der Waals surface area contributed by atoms with Gasteiger partial charge in [-0.3, -0.25) is 0 Å². The van der Waals surface area contributed by atoms with E-state index >= 15 is 0 Å². The number of hydrogen-bond acceptors (Lipinski definition) is 0. The fraction of sp³-hybridized carbons (Fsp3) is 0.0400. The molecular weight excluding hydrogens is 357 g/mol. The Hall–Kier alpha value is -3.33. The Balaban J connectivity index is 1.70. The molecule has 0 fully saturated rings. The Morgan fingerprint density at radius 2 is 1.07 bits per heavy atom. The predicted octanol–water partition coefficient (Wildman–Crippen LogP) is 7.18. The molecule has 3 heteroatoms. The van der Waals surface area contributed by atoms with Crippen LogP contribution in [0, 0.1) is 0 Å². The van der Waals surface area contributed by atoms with Crippen LogP contribution < -0.4 is 0 Å². The highest BCUT2D eigenvalue weighted by Gasteiger charge is 2.32. The van der Waals surface area contributed by atoms with Crippen LogP contribution in [-0.2, 0) is 6.18 Å². The Morgan fingerprint density at radius 3 is 1.61 bits per heavy atom. The Kier molecular flexibility index (Phi) is 3.66. The van der Waals surface area contributed by atoms with E-state index in [4.69, 9.17) is 0 Å². The summed E-state index contributed by atoms with van der Waals surface area (Å²) in [4.78, 5) is 0. The van der Waals surface area contributed by atoms with E-state index in [2.05, 4.69) is 24.3 Å². The van der Waals surface area contributed by atoms with Crippen LogP contribution in [0.25, 0.3) is 21.9 Å². The Labute approximate surface area is 160 Å². The normalized spacial score (nSPS) is 12.8. The van der Waals surface area contributed by atoms with Crippen LogP contribution >= 0.6 is 0 Å². The maximum Gasteiger partial charge on any atom is 0.416 e. The van der Waals surface area contributed by atoms with E-state index in [-0.39, 0.29) is 0 Å². The third-order valence-electron chi connectivity index (χ3n) is 5.18. The van der Waals surface area contributed by atoms with Gasteiger partial charge in [-0.1, -0.05) is 66.7 Å². The Bertz CT molecular complexity index is 1170. The summed E-state index contributed by atoms with van der Waals surface area (Å²) in [6.45, 7) is 0. The number of benzene rings is 4. The summed E-state index contributed by atoms with van der Waals surface area (Å²) >= 11 is 0. The number of fused-ring (bicyclic) bond motifs is 2. The van der Waals surface area contributed by atoms with Crippen LogP contribution in [0.5, 0.6) is 0 Å². The predicted molar refractivity (Wildman–Crippen MR) is 107 cm³/mol. The zero-order chi connectivity index (χ0) is 19.3. The molecule has 0 amide bonds. The fourth-order valence-electron chi connectivity index (χ4n) is 3.76. The monoisotopic (exact) mass is 372 g/mol. The van der Waals surface area contributed by atoms with E-state index in [1.807, 2.05) is 42.5 Å². The fourth-order valence-corrected chi connectivity index (χ4v) is 3.76. The van der Waals surface area contributed by atoms with Gasteiger partial charge in [-0.05, 0) is 68.4 Å². The molecule has 0 unspecified atom stereocenters. The van der Waals surface area contributed by atoms with E-state index < -0.39 is 11.7 Å². The third-order valence-corrected chi connectivity index (χ3v) is 5.18. The smallest absolute Gasteiger partial charge is 0.166 e. The van der Waals surface area contributed by atoms with Gasteiger partial charge in [0.15, 0.2) is 0 Å². The number of alkyl halides is 3. The minimum atomic E-state index is -4.33. The minimum Gasteiger partial charge on any atom is -0.166 e. The first-order chi connectivity index (χ1) is 13.5. The van der Waals surface area contributed by atoms with Gasteiger partial charge in [0.1, 0.15) is 0 Å². The lowest BCUT2D eigenvalue weighted by atomic mass is 9.95. The minimum absolute atomic E-state index is 0.632. The van der Waals surface area contributed by atoms with Crippen molar-refractivity contribution in [3.05, 3.63) is 119 Å². The van der Waals surface area contributed by atoms with E-state index in [1.165, 1.54) is 0 Å². The van der Waals surface area contributed by atoms with Gasteiger partial charge in [0.25, 0.3) is 0 Å². The SMILES string of the molecule is FC(F)(F)c1ccc(C(=C2c3cc4ccccc4cc32)c2ccccc2)cc1. The topological polar surface area (TPSA) is 0 Å². The zero-order valence-corrected chi connectivity index (χ0v) is 14.8. The molecule has 0 aromatic heterocycles. The van der Waals surface area contributed by atoms with Crippen LogP contribution in [0.15, 0.2) is 91.0 Å². The van der Waals surface area contributed by atoms with Crippen molar-refractivity contribution in [1.29, 1.82) is 0 Å². The van der Waals surface area contributed by atoms with Gasteiger partial charge in [0, 0.05) is 0 Å². The van der Waals surface area contributed by atoms with Gasteiger partial charge in [0.2, 0.25) is 0 Å². The van der Waals surface area contributed by atoms with Crippen LogP contribution in [0.2, 0.25) is 0 Å². The van der Waals surface area contributed by atoms with Gasteiger partial charge < -0.3 is 0 Å². The molecule has 0 saturated carbocycles. The van der Waals surface area contributed by atoms with Crippen LogP contribution in [-0.4, -0.2) is 0 Å². The lowest BCUT2D eigenvalue weighted by Crippen LogP contribution is -2.04. The molecule has 0 N–H and O–H groups in total. The van der Waals surface area contributed by atoms with Crippen molar-refractivity contribution in [2.45, 2.75) is 6.18 Å². The summed E-state index contributed by atoms with van der Waals surface area (Å²) in [5.74, 6) is 0. The summed E-state index contributed by atoms with van der Waals surface area (Å²) in [7, 11) is 0. The average molecular weight is 372 g/mol. The van der Waals surface area contributed by atoms with E-state index in [9.17, 15) is 13.2 Å². The van der Waals surface area contributed by atoms with Crippen molar-refractivity contribution in [2.24, 2.45) is 0 Å². The first kappa shape index (κ1) is 16.8. The molecule has 0 aliphatic heterocycles. The molecule has 28 heavy (non-hydrogen) atoms. The first-order valence-electron chi connectivity index (χ1n) is 9.03. The van der Waals surface area contributed by atoms with Crippen LogP contribution in [0.4, 0.5) is 13.2 Å². The standard InChI is InChI=1S/C25H15F3/c26-25(27,28)20-12-10-17(11-13-20)23(16-6-2-1-3-7-16)24-21-14-18-8-4-5-9-19(18)15-22(21)24/h1-15H. The van der Waals surface area contributed by atoms with E-state index in [1.54, 1.807) is 12.1 Å². The van der Waals surface area contributed by atoms with Crippen molar-refractivity contribution in [3.8, 4) is 0 Å². The maximum atomic E-state index is 13.0. The number of hydrogen-bond donors (Lipinski definition) is 0. The second kappa shape index (κ2) is 6.10. The second-order valence-electron chi connectivity index (χ2n) is 6.94. The molecule has 0 atom stereocenters. The van der Waals surface area contributed by atoms with Gasteiger partial charge in [-0.25, -0.2) is 0 Å². The highest BCUT2D eigenvalue weighted by Crippen LogP contribution is 2.51. The first-order valence-corrected chi connectivity index (χ1v) is 9.03. The summed E-state index contributed by atoms with van der Waals surface area (Å²) in [5, 5.41) is 2.33. The molecule has 0 heterocycles. The lowest BCUT2D eigenvalue weighted by Gasteiger charge is -2.11. The number of rotatable bonds is 2. The quantitative estimate of drug-likeness (QED) is 0.308. The van der Waals surface area contributed by atoms with Crippen molar-refractivity contribution < 1.29 is 13.2 Å². The molecule has 1 aliphatic rings. The maximum absolute atomic E-state index is 13.0. The molecule has 0 saturated heterocycles. The number of halogens is 3. The van der Waals surface area contributed by atoms with Crippen molar-refractivity contribution in [3.63, 3.8) is 0 Å². The van der Waals surface area contributed by atoms with E-state index in [0.29, 0.717) is 0 Å².